The molecule has 2 heterocycles. The van der Waals surface area contributed by atoms with Crippen molar-refractivity contribution >= 4 is 29.3 Å². The number of rotatable bonds is 2. The van der Waals surface area contributed by atoms with Crippen LogP contribution < -0.4 is 16.6 Å². The number of anilines is 2. The lowest BCUT2D eigenvalue weighted by Crippen LogP contribution is -2.38. The third-order valence-corrected chi connectivity index (χ3v) is 1.97. The maximum Gasteiger partial charge on any atom is 0.329 e. The van der Waals surface area contributed by atoms with Crippen LogP contribution in [0, 0.1) is 0 Å². The number of oxazole rings is 1. The van der Waals surface area contributed by atoms with E-state index in [1.54, 1.807) is 0 Å². The average molecular weight is 255 g/mol. The monoisotopic (exact) mass is 254 g/mol. The maximum absolute atomic E-state index is 11.7. The molecular formula is C8H7ClN6O2. The highest BCUT2D eigenvalue weighted by molar-refractivity contribution is 6.29. The van der Waals surface area contributed by atoms with Crippen LogP contribution in [0.1, 0.15) is 10.7 Å². The van der Waals surface area contributed by atoms with Gasteiger partial charge in [-0.3, -0.25) is 4.79 Å². The normalized spacial score (nSPS) is 10.2. The van der Waals surface area contributed by atoms with Gasteiger partial charge in [-0.1, -0.05) is 11.6 Å². The van der Waals surface area contributed by atoms with Crippen molar-refractivity contribution in [3.05, 3.63) is 29.6 Å². The number of carbonyl (C=O) groups excluding carboxylic acids is 1. The molecule has 88 valence electrons. The molecule has 1 amide bonds. The predicted molar refractivity (Wildman–Crippen MR) is 59.0 cm³/mol. The minimum absolute atomic E-state index is 0.0469. The zero-order chi connectivity index (χ0) is 12.4. The van der Waals surface area contributed by atoms with E-state index in [1.165, 1.54) is 18.5 Å². The highest BCUT2D eigenvalue weighted by Crippen LogP contribution is 2.16. The first-order valence-corrected chi connectivity index (χ1v) is 4.74. The van der Waals surface area contributed by atoms with Crippen molar-refractivity contribution < 1.29 is 9.21 Å². The van der Waals surface area contributed by atoms with E-state index in [4.69, 9.17) is 27.6 Å². The van der Waals surface area contributed by atoms with Crippen molar-refractivity contribution in [2.45, 2.75) is 0 Å². The van der Waals surface area contributed by atoms with Crippen molar-refractivity contribution in [2.75, 3.05) is 10.7 Å². The van der Waals surface area contributed by atoms with Gasteiger partial charge in [0.1, 0.15) is 11.4 Å². The van der Waals surface area contributed by atoms with Crippen LogP contribution in [0.2, 0.25) is 5.15 Å². The zero-order valence-corrected chi connectivity index (χ0v) is 9.13. The highest BCUT2D eigenvalue weighted by Gasteiger charge is 2.20. The number of aromatic nitrogens is 3. The van der Waals surface area contributed by atoms with Crippen molar-refractivity contribution in [1.29, 1.82) is 0 Å². The second-order valence-electron chi connectivity index (χ2n) is 2.92. The number of halogens is 1. The molecule has 0 saturated carbocycles. The van der Waals surface area contributed by atoms with Gasteiger partial charge in [-0.2, -0.15) is 4.98 Å². The van der Waals surface area contributed by atoms with E-state index in [0.717, 1.165) is 5.01 Å². The number of carbonyl (C=O) groups is 1. The summed E-state index contributed by atoms with van der Waals surface area (Å²) in [5, 5.41) is 0.790. The Morgan fingerprint density at radius 3 is 2.82 bits per heavy atom. The van der Waals surface area contributed by atoms with Gasteiger partial charge in [0.2, 0.25) is 5.95 Å². The number of nitrogens with two attached hydrogens (primary N) is 2. The fraction of sp³-hybridized carbons (Fsp3) is 0. The fourth-order valence-corrected chi connectivity index (χ4v) is 1.27. The van der Waals surface area contributed by atoms with Crippen LogP contribution in [-0.2, 0) is 0 Å². The lowest BCUT2D eigenvalue weighted by Gasteiger charge is -2.13. The first-order valence-electron chi connectivity index (χ1n) is 4.36. The van der Waals surface area contributed by atoms with Crippen LogP contribution >= 0.6 is 11.6 Å². The molecule has 0 aliphatic heterocycles. The summed E-state index contributed by atoms with van der Waals surface area (Å²) < 4.78 is 4.81. The molecular weight excluding hydrogens is 248 g/mol. The van der Waals surface area contributed by atoms with Gasteiger partial charge in [0, 0.05) is 6.07 Å². The van der Waals surface area contributed by atoms with E-state index in [2.05, 4.69) is 15.0 Å². The summed E-state index contributed by atoms with van der Waals surface area (Å²) in [7, 11) is 0. The average Bonchev–Trinajstić information content (AvgIpc) is 2.79. The molecule has 0 atom stereocenters. The molecule has 0 spiro atoms. The summed E-state index contributed by atoms with van der Waals surface area (Å²) in [6.07, 6.45) is 2.57. The Hall–Kier alpha value is -2.19. The Kier molecular flexibility index (Phi) is 2.90. The van der Waals surface area contributed by atoms with E-state index >= 15 is 0 Å². The van der Waals surface area contributed by atoms with Gasteiger partial charge in [0.15, 0.2) is 5.82 Å². The summed E-state index contributed by atoms with van der Waals surface area (Å²) in [5.41, 5.74) is 5.38. The lowest BCUT2D eigenvalue weighted by molar-refractivity contribution is 0.0953. The minimum atomic E-state index is -0.677. The van der Waals surface area contributed by atoms with Gasteiger partial charge in [-0.15, -0.1) is 0 Å². The SMILES string of the molecule is Nc1nc(Cl)cc(N(N)C(=O)c2ncco2)n1. The Labute approximate surface area is 100 Å². The zero-order valence-electron chi connectivity index (χ0n) is 8.37. The third kappa shape index (κ3) is 2.32. The molecule has 0 aliphatic carbocycles. The molecule has 2 aromatic rings. The Balaban J connectivity index is 2.31. The molecule has 2 aromatic heterocycles. The molecule has 0 radical (unpaired) electrons. The smallest absolute Gasteiger partial charge is 0.329 e. The van der Waals surface area contributed by atoms with E-state index in [0.29, 0.717) is 0 Å². The Bertz CT molecular complexity index is 523. The van der Waals surface area contributed by atoms with E-state index in [-0.39, 0.29) is 22.8 Å². The van der Waals surface area contributed by atoms with Crippen LogP contribution in [0.5, 0.6) is 0 Å². The molecule has 0 saturated heterocycles. The summed E-state index contributed by atoms with van der Waals surface area (Å²) in [6.45, 7) is 0. The van der Waals surface area contributed by atoms with E-state index in [9.17, 15) is 4.79 Å². The molecule has 8 nitrogen and oxygen atoms in total. The molecule has 9 heteroatoms. The van der Waals surface area contributed by atoms with E-state index < -0.39 is 5.91 Å². The van der Waals surface area contributed by atoms with Gasteiger partial charge in [-0.25, -0.2) is 20.8 Å². The van der Waals surface area contributed by atoms with Crippen molar-refractivity contribution in [3.8, 4) is 0 Å². The van der Waals surface area contributed by atoms with E-state index in [1.807, 2.05) is 0 Å². The molecule has 0 fully saturated rings. The first-order chi connectivity index (χ1) is 8.08. The number of nitrogen functional groups attached to an aromatic ring is 1. The van der Waals surface area contributed by atoms with Crippen LogP contribution in [0.25, 0.3) is 0 Å². The largest absolute Gasteiger partial charge is 0.441 e. The number of amides is 1. The number of nitrogens with zero attached hydrogens (tertiary/aromatic N) is 4. The maximum atomic E-state index is 11.7. The van der Waals surface area contributed by atoms with Gasteiger partial charge >= 0.3 is 5.91 Å². The molecule has 2 rings (SSSR count). The second-order valence-corrected chi connectivity index (χ2v) is 3.31. The summed E-state index contributed by atoms with van der Waals surface area (Å²) in [6, 6.07) is 1.29. The van der Waals surface area contributed by atoms with Crippen molar-refractivity contribution in [2.24, 2.45) is 5.84 Å². The van der Waals surface area contributed by atoms with Crippen LogP contribution in [0.3, 0.4) is 0 Å². The van der Waals surface area contributed by atoms with Gasteiger partial charge in [-0.05, 0) is 0 Å². The van der Waals surface area contributed by atoms with Crippen LogP contribution in [-0.4, -0.2) is 20.9 Å². The molecule has 17 heavy (non-hydrogen) atoms. The molecule has 0 aromatic carbocycles. The van der Waals surface area contributed by atoms with Crippen LogP contribution in [0.15, 0.2) is 22.9 Å². The summed E-state index contributed by atoms with van der Waals surface area (Å²) in [4.78, 5) is 22.8. The first kappa shape index (κ1) is 11.3. The minimum Gasteiger partial charge on any atom is -0.441 e. The predicted octanol–water partition coefficient (Wildman–Crippen LogP) is 0.221. The van der Waals surface area contributed by atoms with Crippen molar-refractivity contribution in [1.82, 2.24) is 15.0 Å². The number of hydrazine groups is 1. The quantitative estimate of drug-likeness (QED) is 0.340. The topological polar surface area (TPSA) is 124 Å². The third-order valence-electron chi connectivity index (χ3n) is 1.78. The second kappa shape index (κ2) is 4.36. The van der Waals surface area contributed by atoms with Gasteiger partial charge in [0.05, 0.1) is 6.20 Å². The van der Waals surface area contributed by atoms with Crippen molar-refractivity contribution in [3.63, 3.8) is 0 Å². The lowest BCUT2D eigenvalue weighted by atomic mass is 10.5. The molecule has 0 bridgehead atoms. The highest BCUT2D eigenvalue weighted by atomic mass is 35.5. The van der Waals surface area contributed by atoms with Crippen LogP contribution in [0.4, 0.5) is 11.8 Å². The Morgan fingerprint density at radius 1 is 1.47 bits per heavy atom. The molecule has 4 N–H and O–H groups in total. The number of hydrogen-bond donors (Lipinski definition) is 2. The molecule has 0 unspecified atom stereocenters. The standard InChI is InChI=1S/C8H7ClN6O2/c9-4-3-5(14-8(10)13-4)15(11)7(16)6-12-1-2-17-6/h1-3H,11H2,(H2,10,13,14). The molecule has 0 aliphatic rings. The number of hydrogen-bond acceptors (Lipinski definition) is 7. The van der Waals surface area contributed by atoms with Gasteiger partial charge < -0.3 is 10.2 Å². The summed E-state index contributed by atoms with van der Waals surface area (Å²) in [5.74, 6) is 4.66. The van der Waals surface area contributed by atoms with Gasteiger partial charge in [0.25, 0.3) is 5.89 Å². The Morgan fingerprint density at radius 2 is 2.24 bits per heavy atom. The fourth-order valence-electron chi connectivity index (χ4n) is 1.08. The summed E-state index contributed by atoms with van der Waals surface area (Å²) >= 11 is 5.66.